The molecule has 31 heavy (non-hydrogen) atoms. The molecule has 2 aromatic rings. The third-order valence-electron chi connectivity index (χ3n) is 5.08. The van der Waals surface area contributed by atoms with Crippen molar-refractivity contribution in [3.05, 3.63) is 48.5 Å². The molecule has 1 aliphatic heterocycles. The Morgan fingerprint density at radius 2 is 1.71 bits per heavy atom. The van der Waals surface area contributed by atoms with Crippen molar-refractivity contribution in [1.82, 2.24) is 9.80 Å². The summed E-state index contributed by atoms with van der Waals surface area (Å²) in [5.41, 5.74) is 0.229. The number of rotatable bonds is 8. The summed E-state index contributed by atoms with van der Waals surface area (Å²) < 4.78 is 38.6. The summed E-state index contributed by atoms with van der Waals surface area (Å²) in [6.45, 7) is 1.10. The number of methoxy groups -OCH3 is 2. The molecule has 0 bridgehead atoms. The minimum absolute atomic E-state index is 0.0615. The van der Waals surface area contributed by atoms with Gasteiger partial charge >= 0.3 is 0 Å². The predicted octanol–water partition coefficient (Wildman–Crippen LogP) is 1.20. The number of carbonyl (C=O) groups is 2. The quantitative estimate of drug-likeness (QED) is 0.564. The molecule has 9 nitrogen and oxygen atoms in total. The van der Waals surface area contributed by atoms with E-state index >= 15 is 0 Å². The van der Waals surface area contributed by atoms with Gasteiger partial charge in [0.1, 0.15) is 18.0 Å². The van der Waals surface area contributed by atoms with E-state index in [-0.39, 0.29) is 22.2 Å². The zero-order valence-electron chi connectivity index (χ0n) is 17.4. The van der Waals surface area contributed by atoms with E-state index in [1.54, 1.807) is 46.2 Å². The molecule has 166 valence electrons. The fraction of sp³-hybridized carbons (Fsp3) is 0.333. The molecular formula is C21H25N3O6S. The summed E-state index contributed by atoms with van der Waals surface area (Å²) in [7, 11) is -1.14. The highest BCUT2D eigenvalue weighted by Gasteiger charge is 2.32. The molecule has 0 saturated carbocycles. The van der Waals surface area contributed by atoms with E-state index in [2.05, 4.69) is 0 Å². The number of hydrogen-bond donors (Lipinski definition) is 0. The van der Waals surface area contributed by atoms with Crippen LogP contribution >= 0.6 is 0 Å². The van der Waals surface area contributed by atoms with Crippen LogP contribution in [0.25, 0.3) is 0 Å². The highest BCUT2D eigenvalue weighted by atomic mass is 32.2. The second kappa shape index (κ2) is 9.69. The van der Waals surface area contributed by atoms with Gasteiger partial charge in [0.25, 0.3) is 10.0 Å². The van der Waals surface area contributed by atoms with E-state index in [4.69, 9.17) is 9.47 Å². The first-order valence-corrected chi connectivity index (χ1v) is 11.1. The first-order chi connectivity index (χ1) is 14.9. The van der Waals surface area contributed by atoms with Crippen molar-refractivity contribution in [2.75, 3.05) is 51.2 Å². The van der Waals surface area contributed by atoms with Crippen LogP contribution in [0.4, 0.5) is 5.69 Å². The zero-order valence-corrected chi connectivity index (χ0v) is 18.2. The molecule has 0 unspecified atom stereocenters. The highest BCUT2D eigenvalue weighted by molar-refractivity contribution is 7.92. The van der Waals surface area contributed by atoms with Gasteiger partial charge in [0.15, 0.2) is 0 Å². The van der Waals surface area contributed by atoms with Gasteiger partial charge < -0.3 is 19.3 Å². The molecule has 10 heteroatoms. The van der Waals surface area contributed by atoms with Gasteiger partial charge in [-0.15, -0.1) is 0 Å². The van der Waals surface area contributed by atoms with E-state index in [0.717, 1.165) is 10.7 Å². The van der Waals surface area contributed by atoms with Crippen LogP contribution in [0, 0.1) is 0 Å². The number of anilines is 1. The Hall–Kier alpha value is -3.27. The smallest absolute Gasteiger partial charge is 0.264 e. The molecule has 0 atom stereocenters. The lowest BCUT2D eigenvalue weighted by molar-refractivity contribution is -0.133. The minimum atomic E-state index is -4.06. The van der Waals surface area contributed by atoms with Gasteiger partial charge in [-0.1, -0.05) is 18.2 Å². The SMILES string of the molecule is COc1ccc(N(CC(=O)N2CCN(C=O)CC2)S(=O)(=O)c2ccccc2)c(OC)c1. The Kier molecular flexibility index (Phi) is 7.01. The summed E-state index contributed by atoms with van der Waals surface area (Å²) in [5, 5.41) is 0. The number of piperazine rings is 1. The molecule has 2 aromatic carbocycles. The molecule has 1 aliphatic rings. The molecule has 1 fully saturated rings. The third-order valence-corrected chi connectivity index (χ3v) is 6.86. The second-order valence-electron chi connectivity index (χ2n) is 6.88. The number of carbonyl (C=O) groups excluding carboxylic acids is 2. The van der Waals surface area contributed by atoms with E-state index in [1.807, 2.05) is 0 Å². The highest BCUT2D eigenvalue weighted by Crippen LogP contribution is 2.35. The zero-order chi connectivity index (χ0) is 22.4. The molecule has 1 heterocycles. The van der Waals surface area contributed by atoms with Gasteiger partial charge in [-0.2, -0.15) is 0 Å². The largest absolute Gasteiger partial charge is 0.497 e. The van der Waals surface area contributed by atoms with Crippen molar-refractivity contribution in [3.63, 3.8) is 0 Å². The number of nitrogens with zero attached hydrogens (tertiary/aromatic N) is 3. The number of amides is 2. The van der Waals surface area contributed by atoms with Crippen LogP contribution in [0.5, 0.6) is 11.5 Å². The predicted molar refractivity (Wildman–Crippen MR) is 115 cm³/mol. The molecular weight excluding hydrogens is 422 g/mol. The van der Waals surface area contributed by atoms with Crippen molar-refractivity contribution < 1.29 is 27.5 Å². The van der Waals surface area contributed by atoms with Crippen LogP contribution in [0.3, 0.4) is 0 Å². The van der Waals surface area contributed by atoms with Crippen molar-refractivity contribution in [2.24, 2.45) is 0 Å². The first kappa shape index (κ1) is 22.4. The third kappa shape index (κ3) is 4.91. The Balaban J connectivity index is 1.98. The maximum atomic E-state index is 13.5. The maximum Gasteiger partial charge on any atom is 0.264 e. The molecule has 2 amide bonds. The normalized spacial score (nSPS) is 14.1. The first-order valence-electron chi connectivity index (χ1n) is 9.67. The van der Waals surface area contributed by atoms with Crippen LogP contribution in [0.15, 0.2) is 53.4 Å². The standard InChI is InChI=1S/C21H25N3O6S/c1-29-17-8-9-19(20(14-17)30-2)24(31(27,28)18-6-4-3-5-7-18)15-21(26)23-12-10-22(16-25)11-13-23/h3-9,14,16H,10-13,15H2,1-2H3. The summed E-state index contributed by atoms with van der Waals surface area (Å²) in [6, 6.07) is 12.6. The van der Waals surface area contributed by atoms with Gasteiger partial charge in [-0.05, 0) is 24.3 Å². The lowest BCUT2D eigenvalue weighted by atomic mass is 10.2. The van der Waals surface area contributed by atoms with Gasteiger partial charge in [0.05, 0.1) is 24.8 Å². The average molecular weight is 448 g/mol. The molecule has 1 saturated heterocycles. The van der Waals surface area contributed by atoms with Gasteiger partial charge in [0, 0.05) is 32.2 Å². The summed E-state index contributed by atoms with van der Waals surface area (Å²) >= 11 is 0. The van der Waals surface area contributed by atoms with Gasteiger partial charge in [-0.3, -0.25) is 13.9 Å². The number of hydrogen-bond acceptors (Lipinski definition) is 6. The topological polar surface area (TPSA) is 96.5 Å². The Morgan fingerprint density at radius 3 is 2.29 bits per heavy atom. The Labute approximate surface area is 181 Å². The van der Waals surface area contributed by atoms with Crippen molar-refractivity contribution in [2.45, 2.75) is 4.90 Å². The van der Waals surface area contributed by atoms with Crippen LogP contribution in [-0.2, 0) is 19.6 Å². The summed E-state index contributed by atoms with van der Waals surface area (Å²) in [4.78, 5) is 27.1. The molecule has 0 radical (unpaired) electrons. The van der Waals surface area contributed by atoms with Crippen molar-refractivity contribution in [3.8, 4) is 11.5 Å². The number of sulfonamides is 1. The van der Waals surface area contributed by atoms with Crippen LogP contribution in [-0.4, -0.2) is 77.5 Å². The fourth-order valence-electron chi connectivity index (χ4n) is 3.31. The molecule has 3 rings (SSSR count). The van der Waals surface area contributed by atoms with Gasteiger partial charge in [0.2, 0.25) is 12.3 Å². The molecule has 0 aromatic heterocycles. The lowest BCUT2D eigenvalue weighted by Gasteiger charge is -2.34. The Bertz CT molecular complexity index is 1020. The number of ether oxygens (including phenoxy) is 2. The van der Waals surface area contributed by atoms with Crippen molar-refractivity contribution >= 4 is 28.0 Å². The van der Waals surface area contributed by atoms with Crippen LogP contribution < -0.4 is 13.8 Å². The minimum Gasteiger partial charge on any atom is -0.497 e. The van der Waals surface area contributed by atoms with Crippen LogP contribution in [0.2, 0.25) is 0 Å². The monoisotopic (exact) mass is 447 g/mol. The lowest BCUT2D eigenvalue weighted by Crippen LogP contribution is -2.51. The average Bonchev–Trinajstić information content (AvgIpc) is 2.82. The molecule has 0 spiro atoms. The Morgan fingerprint density at radius 1 is 1.03 bits per heavy atom. The fourth-order valence-corrected chi connectivity index (χ4v) is 4.76. The number of benzene rings is 2. The summed E-state index contributed by atoms with van der Waals surface area (Å²) in [6.07, 6.45) is 0.746. The van der Waals surface area contributed by atoms with E-state index in [1.165, 1.54) is 26.4 Å². The molecule has 0 aliphatic carbocycles. The molecule has 0 N–H and O–H groups in total. The maximum absolute atomic E-state index is 13.5. The van der Waals surface area contributed by atoms with Crippen LogP contribution in [0.1, 0.15) is 0 Å². The summed E-state index contributed by atoms with van der Waals surface area (Å²) in [5.74, 6) is 0.398. The van der Waals surface area contributed by atoms with Gasteiger partial charge in [-0.25, -0.2) is 8.42 Å². The van der Waals surface area contributed by atoms with E-state index < -0.39 is 16.6 Å². The second-order valence-corrected chi connectivity index (χ2v) is 8.75. The van der Waals surface area contributed by atoms with E-state index in [0.29, 0.717) is 31.9 Å². The van der Waals surface area contributed by atoms with Crippen molar-refractivity contribution in [1.29, 1.82) is 0 Å². The van der Waals surface area contributed by atoms with E-state index in [9.17, 15) is 18.0 Å².